The third-order valence-corrected chi connectivity index (χ3v) is 4.37. The molecule has 4 nitrogen and oxygen atoms in total. The third-order valence-electron chi connectivity index (χ3n) is 4.37. The van der Waals surface area contributed by atoms with E-state index in [1.165, 1.54) is 0 Å². The number of nitrogens with zero attached hydrogens (tertiary/aromatic N) is 2. The van der Waals surface area contributed by atoms with Crippen molar-refractivity contribution in [2.24, 2.45) is 0 Å². The van der Waals surface area contributed by atoms with Crippen molar-refractivity contribution < 1.29 is 9.47 Å². The molecule has 0 bridgehead atoms. The summed E-state index contributed by atoms with van der Waals surface area (Å²) in [7, 11) is 1.66. The fourth-order valence-electron chi connectivity index (χ4n) is 2.99. The molecule has 0 unspecified atom stereocenters. The lowest BCUT2D eigenvalue weighted by Crippen LogP contribution is -1.96. The summed E-state index contributed by atoms with van der Waals surface area (Å²) in [5.41, 5.74) is 5.02. The molecule has 4 heteroatoms. The first-order valence-corrected chi connectivity index (χ1v) is 8.54. The van der Waals surface area contributed by atoms with Gasteiger partial charge in [-0.1, -0.05) is 30.3 Å². The first kappa shape index (κ1) is 16.2. The summed E-state index contributed by atoms with van der Waals surface area (Å²) in [6, 6.07) is 20.2. The zero-order chi connectivity index (χ0) is 17.9. The SMILES string of the molecule is COc1cccn2cc(-c3ccc(OCc4ccccc4)c(C)c3)nc12. The van der Waals surface area contributed by atoms with Gasteiger partial charge in [0.15, 0.2) is 11.4 Å². The normalized spacial score (nSPS) is 10.8. The Morgan fingerprint density at radius 2 is 1.81 bits per heavy atom. The maximum atomic E-state index is 5.96. The first-order valence-electron chi connectivity index (χ1n) is 8.54. The number of methoxy groups -OCH3 is 1. The molecule has 0 spiro atoms. The van der Waals surface area contributed by atoms with Gasteiger partial charge in [-0.25, -0.2) is 4.98 Å². The predicted octanol–water partition coefficient (Wildman–Crippen LogP) is 4.90. The van der Waals surface area contributed by atoms with Gasteiger partial charge in [0.2, 0.25) is 0 Å². The van der Waals surface area contributed by atoms with Crippen LogP contribution in [0.25, 0.3) is 16.9 Å². The number of benzene rings is 2. The van der Waals surface area contributed by atoms with Crippen LogP contribution in [0.4, 0.5) is 0 Å². The fraction of sp³-hybridized carbons (Fsp3) is 0.136. The highest BCUT2D eigenvalue weighted by Gasteiger charge is 2.10. The molecule has 0 aliphatic rings. The zero-order valence-corrected chi connectivity index (χ0v) is 14.8. The van der Waals surface area contributed by atoms with Crippen LogP contribution in [0.5, 0.6) is 11.5 Å². The number of aryl methyl sites for hydroxylation is 1. The van der Waals surface area contributed by atoms with E-state index in [-0.39, 0.29) is 0 Å². The minimum absolute atomic E-state index is 0.562. The Bertz CT molecular complexity index is 1040. The van der Waals surface area contributed by atoms with Crippen molar-refractivity contribution in [1.82, 2.24) is 9.38 Å². The molecule has 2 aromatic heterocycles. The molecule has 0 saturated carbocycles. The number of fused-ring (bicyclic) bond motifs is 1. The third kappa shape index (κ3) is 3.14. The molecule has 0 saturated heterocycles. The van der Waals surface area contributed by atoms with Crippen LogP contribution in [0, 0.1) is 6.92 Å². The lowest BCUT2D eigenvalue weighted by atomic mass is 10.1. The van der Waals surface area contributed by atoms with Gasteiger partial charge in [-0.2, -0.15) is 0 Å². The van der Waals surface area contributed by atoms with Crippen molar-refractivity contribution in [1.29, 1.82) is 0 Å². The maximum Gasteiger partial charge on any atom is 0.180 e. The fourth-order valence-corrected chi connectivity index (χ4v) is 2.99. The minimum Gasteiger partial charge on any atom is -0.493 e. The van der Waals surface area contributed by atoms with Gasteiger partial charge in [0.25, 0.3) is 0 Å². The monoisotopic (exact) mass is 344 g/mol. The number of ether oxygens (including phenoxy) is 2. The van der Waals surface area contributed by atoms with Gasteiger partial charge < -0.3 is 13.9 Å². The molecule has 2 heterocycles. The van der Waals surface area contributed by atoms with Crippen molar-refractivity contribution in [3.63, 3.8) is 0 Å². The maximum absolute atomic E-state index is 5.96. The summed E-state index contributed by atoms with van der Waals surface area (Å²) in [6.45, 7) is 2.62. The lowest BCUT2D eigenvalue weighted by molar-refractivity contribution is 0.304. The summed E-state index contributed by atoms with van der Waals surface area (Å²) in [4.78, 5) is 4.72. The van der Waals surface area contributed by atoms with E-state index in [9.17, 15) is 0 Å². The number of rotatable bonds is 5. The van der Waals surface area contributed by atoms with Gasteiger partial charge in [-0.05, 0) is 48.4 Å². The van der Waals surface area contributed by atoms with Crippen LogP contribution in [0.15, 0.2) is 73.1 Å². The average molecular weight is 344 g/mol. The molecule has 0 aliphatic carbocycles. The quantitative estimate of drug-likeness (QED) is 0.517. The second kappa shape index (κ2) is 6.92. The number of imidazole rings is 1. The number of pyridine rings is 1. The standard InChI is InChI=1S/C22H20N2O2/c1-16-13-18(10-11-20(16)26-15-17-7-4-3-5-8-17)19-14-24-12-6-9-21(25-2)22(24)23-19/h3-14H,15H2,1-2H3. The summed E-state index contributed by atoms with van der Waals surface area (Å²) in [6.07, 6.45) is 3.98. The predicted molar refractivity (Wildman–Crippen MR) is 103 cm³/mol. The Morgan fingerprint density at radius 1 is 0.962 bits per heavy atom. The van der Waals surface area contributed by atoms with Crippen molar-refractivity contribution in [3.05, 3.63) is 84.2 Å². The summed E-state index contributed by atoms with van der Waals surface area (Å²) < 4.78 is 13.3. The van der Waals surface area contributed by atoms with Crippen LogP contribution in [0.3, 0.4) is 0 Å². The van der Waals surface area contributed by atoms with E-state index in [0.29, 0.717) is 6.61 Å². The van der Waals surface area contributed by atoms with E-state index in [1.807, 2.05) is 59.3 Å². The second-order valence-electron chi connectivity index (χ2n) is 6.19. The molecule has 0 radical (unpaired) electrons. The Morgan fingerprint density at radius 3 is 2.58 bits per heavy atom. The largest absolute Gasteiger partial charge is 0.493 e. The van der Waals surface area contributed by atoms with Gasteiger partial charge >= 0.3 is 0 Å². The Hall–Kier alpha value is -3.27. The molecule has 130 valence electrons. The van der Waals surface area contributed by atoms with Gasteiger partial charge in [-0.15, -0.1) is 0 Å². The van der Waals surface area contributed by atoms with Crippen molar-refractivity contribution in [3.8, 4) is 22.8 Å². The van der Waals surface area contributed by atoms with Crippen LogP contribution < -0.4 is 9.47 Å². The van der Waals surface area contributed by atoms with Crippen molar-refractivity contribution in [2.75, 3.05) is 7.11 Å². The number of hydrogen-bond acceptors (Lipinski definition) is 3. The first-order chi connectivity index (χ1) is 12.7. The Kier molecular flexibility index (Phi) is 4.32. The molecule has 4 aromatic rings. The topological polar surface area (TPSA) is 35.8 Å². The van der Waals surface area contributed by atoms with Gasteiger partial charge in [0.1, 0.15) is 12.4 Å². The molecule has 4 rings (SSSR count). The van der Waals surface area contributed by atoms with Crippen molar-refractivity contribution in [2.45, 2.75) is 13.5 Å². The Labute approximate surface area is 152 Å². The van der Waals surface area contributed by atoms with E-state index in [0.717, 1.165) is 39.5 Å². The van der Waals surface area contributed by atoms with Crippen LogP contribution >= 0.6 is 0 Å². The summed E-state index contributed by atoms with van der Waals surface area (Å²) >= 11 is 0. The molecule has 0 atom stereocenters. The van der Waals surface area contributed by atoms with Crippen molar-refractivity contribution >= 4 is 5.65 Å². The molecule has 26 heavy (non-hydrogen) atoms. The Balaban J connectivity index is 1.59. The number of hydrogen-bond donors (Lipinski definition) is 0. The van der Waals surface area contributed by atoms with Gasteiger partial charge in [-0.3, -0.25) is 0 Å². The number of aromatic nitrogens is 2. The molecule has 0 N–H and O–H groups in total. The van der Waals surface area contributed by atoms with Gasteiger partial charge in [0, 0.05) is 18.0 Å². The molecular formula is C22H20N2O2. The minimum atomic E-state index is 0.562. The van der Waals surface area contributed by atoms with E-state index in [4.69, 9.17) is 14.5 Å². The molecule has 0 aliphatic heterocycles. The highest BCUT2D eigenvalue weighted by Crippen LogP contribution is 2.28. The van der Waals surface area contributed by atoms with Gasteiger partial charge in [0.05, 0.1) is 12.8 Å². The smallest absolute Gasteiger partial charge is 0.180 e. The zero-order valence-electron chi connectivity index (χ0n) is 14.8. The highest BCUT2D eigenvalue weighted by atomic mass is 16.5. The van der Waals surface area contributed by atoms with E-state index < -0.39 is 0 Å². The van der Waals surface area contributed by atoms with Crippen LogP contribution in [-0.2, 0) is 6.61 Å². The van der Waals surface area contributed by atoms with Crippen LogP contribution in [0.2, 0.25) is 0 Å². The molecule has 0 fully saturated rings. The second-order valence-corrected chi connectivity index (χ2v) is 6.19. The molecule has 2 aromatic carbocycles. The average Bonchev–Trinajstić information content (AvgIpc) is 3.12. The van der Waals surface area contributed by atoms with E-state index in [2.05, 4.69) is 25.1 Å². The van der Waals surface area contributed by atoms with Crippen LogP contribution in [-0.4, -0.2) is 16.5 Å². The van der Waals surface area contributed by atoms with Crippen LogP contribution in [0.1, 0.15) is 11.1 Å². The lowest BCUT2D eigenvalue weighted by Gasteiger charge is -2.10. The summed E-state index contributed by atoms with van der Waals surface area (Å²) in [5, 5.41) is 0. The summed E-state index contributed by atoms with van der Waals surface area (Å²) in [5.74, 6) is 1.65. The highest BCUT2D eigenvalue weighted by molar-refractivity contribution is 5.67. The molecule has 0 amide bonds. The van der Waals surface area contributed by atoms with E-state index >= 15 is 0 Å². The van der Waals surface area contributed by atoms with E-state index in [1.54, 1.807) is 7.11 Å². The molecular weight excluding hydrogens is 324 g/mol.